The van der Waals surface area contributed by atoms with Crippen molar-refractivity contribution in [1.82, 2.24) is 9.55 Å². The van der Waals surface area contributed by atoms with Crippen molar-refractivity contribution >= 4 is 29.3 Å². The van der Waals surface area contributed by atoms with Gasteiger partial charge in [-0.1, -0.05) is 5.92 Å². The van der Waals surface area contributed by atoms with Crippen molar-refractivity contribution < 1.29 is 65.0 Å². The molecule has 1 aromatic heterocycles. The fraction of sp³-hybridized carbons (Fsp3) is 0.455. The van der Waals surface area contributed by atoms with Crippen LogP contribution < -0.4 is 11.4 Å². The molecule has 0 aliphatic carbocycles. The Morgan fingerprint density at radius 1 is 1.25 bits per heavy atom. The highest BCUT2D eigenvalue weighted by Gasteiger charge is 2.62. The molecule has 0 aromatic carbocycles. The number of ether oxygens (including phenoxy) is 1. The fourth-order valence-electron chi connectivity index (χ4n) is 2.40. The first kappa shape index (κ1) is 26.7. The van der Waals surface area contributed by atoms with Gasteiger partial charge in [-0.25, -0.2) is 18.5 Å². The molecule has 2 heterocycles. The molecule has 0 saturated carbocycles. The van der Waals surface area contributed by atoms with Crippen LogP contribution in [-0.4, -0.2) is 58.5 Å². The second-order valence-electron chi connectivity index (χ2n) is 5.90. The number of rotatable bonds is 8. The smallest absolute Gasteiger partial charge is 0.384 e. The van der Waals surface area contributed by atoms with Crippen LogP contribution in [0.1, 0.15) is 6.23 Å². The topological polar surface area (TPSA) is 250 Å². The molecule has 0 spiro atoms. The van der Waals surface area contributed by atoms with Crippen LogP contribution >= 0.6 is 23.5 Å². The van der Waals surface area contributed by atoms with Gasteiger partial charge in [0.05, 0.1) is 0 Å². The predicted octanol–water partition coefficient (Wildman–Crippen LogP) is -0.936. The molecule has 6 atom stereocenters. The van der Waals surface area contributed by atoms with Gasteiger partial charge in [-0.05, 0) is 6.07 Å². The van der Waals surface area contributed by atoms with E-state index in [0.717, 1.165) is 12.3 Å². The monoisotopic (exact) mass is 527 g/mol. The standard InChI is InChI=1S/C11H14F2N3O13P3/c1-2-5(27-31(22,23)29-32(24,25)28-30(19,20)21)7-8(17)11(12,13)9(26-7)16-4-3-6(14)15-10(16)18/h1,3-5,7-9,17H,(H,22,23)(H,24,25)(H2,14,15,18)(H2,19,20,21)/t5-,7?,8?,9?/m0/s1. The summed E-state index contributed by atoms with van der Waals surface area (Å²) in [4.78, 5) is 50.6. The first-order valence-corrected chi connectivity index (χ1v) is 12.2. The first-order chi connectivity index (χ1) is 14.4. The van der Waals surface area contributed by atoms with Gasteiger partial charge in [0.15, 0.2) is 12.2 Å². The molecule has 1 aliphatic rings. The summed E-state index contributed by atoms with van der Waals surface area (Å²) in [7, 11) is -17.5. The van der Waals surface area contributed by atoms with Crippen molar-refractivity contribution in [3.05, 3.63) is 22.7 Å². The van der Waals surface area contributed by atoms with Crippen molar-refractivity contribution in [2.75, 3.05) is 5.73 Å². The molecular weight excluding hydrogens is 513 g/mol. The highest BCUT2D eigenvalue weighted by Crippen LogP contribution is 2.66. The summed E-state index contributed by atoms with van der Waals surface area (Å²) in [5, 5.41) is 9.92. The van der Waals surface area contributed by atoms with Gasteiger partial charge in [0, 0.05) is 6.20 Å². The van der Waals surface area contributed by atoms with Crippen molar-refractivity contribution in [2.24, 2.45) is 0 Å². The van der Waals surface area contributed by atoms with Gasteiger partial charge < -0.3 is 35.2 Å². The van der Waals surface area contributed by atoms with Gasteiger partial charge in [0.25, 0.3) is 0 Å². The summed E-state index contributed by atoms with van der Waals surface area (Å²) in [5.41, 5.74) is 3.94. The van der Waals surface area contributed by atoms with Gasteiger partial charge in [-0.3, -0.25) is 9.09 Å². The molecule has 1 fully saturated rings. The number of anilines is 1. The van der Waals surface area contributed by atoms with Crippen LogP contribution in [0.4, 0.5) is 14.6 Å². The predicted molar refractivity (Wildman–Crippen MR) is 95.3 cm³/mol. The number of nitrogens with zero attached hydrogens (tertiary/aromatic N) is 2. The summed E-state index contributed by atoms with van der Waals surface area (Å²) < 4.78 is 79.2. The average molecular weight is 527 g/mol. The van der Waals surface area contributed by atoms with Crippen LogP contribution in [0.3, 0.4) is 0 Å². The number of hydrogen-bond donors (Lipinski definition) is 6. The van der Waals surface area contributed by atoms with Crippen LogP contribution in [0.5, 0.6) is 0 Å². The molecule has 32 heavy (non-hydrogen) atoms. The Bertz CT molecular complexity index is 1120. The van der Waals surface area contributed by atoms with Crippen LogP contribution in [-0.2, 0) is 31.6 Å². The zero-order valence-corrected chi connectivity index (χ0v) is 17.8. The van der Waals surface area contributed by atoms with Gasteiger partial charge in [-0.2, -0.15) is 22.4 Å². The van der Waals surface area contributed by atoms with Gasteiger partial charge in [-0.15, -0.1) is 6.42 Å². The molecule has 0 bridgehead atoms. The second-order valence-corrected chi connectivity index (χ2v) is 10.3. The van der Waals surface area contributed by atoms with Crippen molar-refractivity contribution in [3.63, 3.8) is 0 Å². The minimum absolute atomic E-state index is 0.234. The van der Waals surface area contributed by atoms with E-state index >= 15 is 0 Å². The summed E-state index contributed by atoms with van der Waals surface area (Å²) >= 11 is 0. The number of aliphatic hydroxyl groups is 1. The lowest BCUT2D eigenvalue weighted by atomic mass is 10.1. The molecular formula is C11H14F2N3O13P3. The molecule has 5 unspecified atom stereocenters. The molecule has 0 radical (unpaired) electrons. The number of halogens is 2. The van der Waals surface area contributed by atoms with Crippen molar-refractivity contribution in [3.8, 4) is 12.3 Å². The third-order valence-electron chi connectivity index (χ3n) is 3.55. The first-order valence-electron chi connectivity index (χ1n) is 7.73. The number of aliphatic hydroxyl groups excluding tert-OH is 1. The molecule has 0 amide bonds. The zero-order valence-electron chi connectivity index (χ0n) is 15.1. The summed E-state index contributed by atoms with van der Waals surface area (Å²) in [6.45, 7) is 0. The summed E-state index contributed by atoms with van der Waals surface area (Å²) in [5.74, 6) is -3.01. The lowest BCUT2D eigenvalue weighted by molar-refractivity contribution is -0.141. The minimum Gasteiger partial charge on any atom is -0.384 e. The molecule has 1 aliphatic heterocycles. The third-order valence-corrected chi connectivity index (χ3v) is 7.37. The van der Waals surface area contributed by atoms with Crippen LogP contribution in [0.25, 0.3) is 0 Å². The van der Waals surface area contributed by atoms with E-state index in [9.17, 15) is 37.3 Å². The average Bonchev–Trinajstić information content (AvgIpc) is 2.80. The number of nitrogens with two attached hydrogens (primary N) is 1. The van der Waals surface area contributed by atoms with Gasteiger partial charge >= 0.3 is 35.1 Å². The maximum atomic E-state index is 14.5. The Morgan fingerprint density at radius 3 is 2.34 bits per heavy atom. The Hall–Kier alpha value is -1.57. The Morgan fingerprint density at radius 2 is 1.84 bits per heavy atom. The van der Waals surface area contributed by atoms with E-state index < -0.39 is 59.6 Å². The lowest BCUT2D eigenvalue weighted by Gasteiger charge is -2.24. The van der Waals surface area contributed by atoms with Crippen molar-refractivity contribution in [2.45, 2.75) is 30.5 Å². The van der Waals surface area contributed by atoms with E-state index in [-0.39, 0.29) is 10.4 Å². The number of phosphoric acid groups is 3. The number of alkyl halides is 2. The summed E-state index contributed by atoms with van der Waals surface area (Å²) in [6.07, 6.45) is -4.32. The van der Waals surface area contributed by atoms with E-state index in [2.05, 4.69) is 18.1 Å². The number of phosphoric ester groups is 1. The number of terminal acetylenes is 1. The Labute approximate surface area is 176 Å². The summed E-state index contributed by atoms with van der Waals surface area (Å²) in [6, 6.07) is 0.950. The van der Waals surface area contributed by atoms with E-state index in [4.69, 9.17) is 31.6 Å². The molecule has 180 valence electrons. The fourth-order valence-corrected chi connectivity index (χ4v) is 5.53. The Kier molecular flexibility index (Phi) is 7.50. The zero-order chi connectivity index (χ0) is 24.7. The van der Waals surface area contributed by atoms with E-state index in [1.807, 2.05) is 0 Å². The lowest BCUT2D eigenvalue weighted by Crippen LogP contribution is -2.43. The van der Waals surface area contributed by atoms with E-state index in [1.54, 1.807) is 5.92 Å². The molecule has 1 aromatic rings. The minimum atomic E-state index is -5.93. The van der Waals surface area contributed by atoms with Crippen molar-refractivity contribution in [1.29, 1.82) is 0 Å². The molecule has 7 N–H and O–H groups in total. The largest absolute Gasteiger partial charge is 0.490 e. The maximum Gasteiger partial charge on any atom is 0.490 e. The highest BCUT2D eigenvalue weighted by molar-refractivity contribution is 7.66. The van der Waals surface area contributed by atoms with E-state index in [1.165, 1.54) is 0 Å². The van der Waals surface area contributed by atoms with Gasteiger partial charge in [0.1, 0.15) is 11.9 Å². The third kappa shape index (κ3) is 6.27. The van der Waals surface area contributed by atoms with Gasteiger partial charge in [0.2, 0.25) is 6.23 Å². The van der Waals surface area contributed by atoms with Crippen LogP contribution in [0.2, 0.25) is 0 Å². The quantitative estimate of drug-likeness (QED) is 0.176. The number of nitrogen functional groups attached to an aromatic ring is 1. The molecule has 1 saturated heterocycles. The normalized spacial score (nSPS) is 27.8. The SMILES string of the molecule is C#C[C@H](OP(=O)(O)OP(=O)(O)OP(=O)(O)O)C1OC(n2ccc(N)nc2=O)C(F)(F)C1O. The molecule has 16 nitrogen and oxygen atoms in total. The number of aromatic nitrogens is 2. The molecule has 21 heteroatoms. The molecule has 2 rings (SSSR count). The maximum absolute atomic E-state index is 14.5. The second kappa shape index (κ2) is 8.99. The van der Waals surface area contributed by atoms with Crippen LogP contribution in [0, 0.1) is 12.3 Å². The van der Waals surface area contributed by atoms with Crippen LogP contribution in [0.15, 0.2) is 17.1 Å². The number of hydrogen-bond acceptors (Lipinski definition) is 11. The highest BCUT2D eigenvalue weighted by atomic mass is 31.3. The Balaban J connectivity index is 2.28. The van der Waals surface area contributed by atoms with E-state index in [0.29, 0.717) is 0 Å².